The van der Waals surface area contributed by atoms with Gasteiger partial charge in [0.1, 0.15) is 0 Å². The number of thiophene rings is 2. The van der Waals surface area contributed by atoms with Crippen molar-refractivity contribution in [3.8, 4) is 0 Å². The van der Waals surface area contributed by atoms with Crippen molar-refractivity contribution in [2.24, 2.45) is 0 Å². The molecule has 0 saturated heterocycles. The molecule has 2 heterocycles. The predicted molar refractivity (Wildman–Crippen MR) is 169 cm³/mol. The molecule has 6 aromatic carbocycles. The molecule has 38 heavy (non-hydrogen) atoms. The van der Waals surface area contributed by atoms with E-state index in [2.05, 4.69) is 126 Å². The average molecular weight is 542 g/mol. The first-order chi connectivity index (χ1) is 18.7. The quantitative estimate of drug-likeness (QED) is 0.215. The maximum Gasteiger partial charge on any atom is 0.0498 e. The van der Waals surface area contributed by atoms with Gasteiger partial charge in [-0.25, -0.2) is 0 Å². The van der Waals surface area contributed by atoms with Crippen molar-refractivity contribution >= 4 is 102 Å². The standard InChI is InChI=1S/C34H20ClNS2/c35-29-20-33-34(26-12-5-4-10-24(26)29)28-19-23(15-17-32(28)38-33)36(21-8-2-1-3-9-21)22-14-16-31-27(18-22)25-11-6-7-13-30(25)37-31/h1-20H. The van der Waals surface area contributed by atoms with Crippen LogP contribution in [-0.4, -0.2) is 0 Å². The predicted octanol–water partition coefficient (Wildman–Crippen LogP) is 11.7. The Hall–Kier alpha value is -3.89. The van der Waals surface area contributed by atoms with E-state index in [1.165, 1.54) is 45.7 Å². The highest BCUT2D eigenvalue weighted by Crippen LogP contribution is 2.45. The Bertz CT molecular complexity index is 2160. The van der Waals surface area contributed by atoms with Crippen molar-refractivity contribution in [2.75, 3.05) is 4.90 Å². The summed E-state index contributed by atoms with van der Waals surface area (Å²) in [6.07, 6.45) is 0. The molecule has 8 aromatic rings. The summed E-state index contributed by atoms with van der Waals surface area (Å²) in [5.74, 6) is 0. The van der Waals surface area contributed by atoms with Crippen LogP contribution in [0.5, 0.6) is 0 Å². The molecule has 0 fully saturated rings. The zero-order valence-electron chi connectivity index (χ0n) is 20.2. The van der Waals surface area contributed by atoms with Crippen molar-refractivity contribution in [2.45, 2.75) is 0 Å². The minimum atomic E-state index is 0.807. The molecule has 1 nitrogen and oxygen atoms in total. The summed E-state index contributed by atoms with van der Waals surface area (Å²) in [6, 6.07) is 43.6. The van der Waals surface area contributed by atoms with Crippen LogP contribution in [0.25, 0.3) is 51.1 Å². The summed E-state index contributed by atoms with van der Waals surface area (Å²) in [5, 5.41) is 8.26. The smallest absolute Gasteiger partial charge is 0.0498 e. The van der Waals surface area contributed by atoms with Crippen LogP contribution in [0.1, 0.15) is 0 Å². The van der Waals surface area contributed by atoms with Crippen LogP contribution in [0, 0.1) is 0 Å². The summed E-state index contributed by atoms with van der Waals surface area (Å²) in [5.41, 5.74) is 3.43. The number of halogens is 1. The van der Waals surface area contributed by atoms with Crippen LogP contribution in [0.2, 0.25) is 5.02 Å². The average Bonchev–Trinajstić information content (AvgIpc) is 3.51. The SMILES string of the molecule is Clc1cc2sc3ccc(N(c4ccccc4)c4ccc5sc6ccccc6c5c4)cc3c2c2ccccc12. The van der Waals surface area contributed by atoms with Gasteiger partial charge in [0, 0.05) is 67.8 Å². The Morgan fingerprint density at radius 1 is 0.421 bits per heavy atom. The van der Waals surface area contributed by atoms with Gasteiger partial charge in [0.2, 0.25) is 0 Å². The van der Waals surface area contributed by atoms with E-state index in [1.807, 2.05) is 11.3 Å². The third kappa shape index (κ3) is 3.36. The molecular formula is C34H20ClNS2. The molecule has 0 unspecified atom stereocenters. The number of hydrogen-bond donors (Lipinski definition) is 0. The lowest BCUT2D eigenvalue weighted by atomic mass is 10.0. The Labute approximate surface area is 232 Å². The van der Waals surface area contributed by atoms with Gasteiger partial charge in [0.05, 0.1) is 0 Å². The lowest BCUT2D eigenvalue weighted by molar-refractivity contribution is 1.30. The highest BCUT2D eigenvalue weighted by molar-refractivity contribution is 7.26. The largest absolute Gasteiger partial charge is 0.310 e. The summed E-state index contributed by atoms with van der Waals surface area (Å²) in [4.78, 5) is 2.37. The monoisotopic (exact) mass is 541 g/mol. The second-order valence-corrected chi connectivity index (χ2v) is 12.1. The van der Waals surface area contributed by atoms with Gasteiger partial charge in [0.15, 0.2) is 0 Å². The van der Waals surface area contributed by atoms with Crippen LogP contribution in [0.3, 0.4) is 0 Å². The molecule has 0 spiro atoms. The van der Waals surface area contributed by atoms with E-state index in [9.17, 15) is 0 Å². The molecule has 8 rings (SSSR count). The Balaban J connectivity index is 1.40. The fourth-order valence-corrected chi connectivity index (χ4v) is 8.17. The Morgan fingerprint density at radius 3 is 1.79 bits per heavy atom. The molecule has 0 atom stereocenters. The van der Waals surface area contributed by atoms with Crippen LogP contribution < -0.4 is 4.90 Å². The fourth-order valence-electron chi connectivity index (χ4n) is 5.60. The van der Waals surface area contributed by atoms with Crippen LogP contribution in [0.4, 0.5) is 17.1 Å². The lowest BCUT2D eigenvalue weighted by Gasteiger charge is -2.25. The van der Waals surface area contributed by atoms with Gasteiger partial charge >= 0.3 is 0 Å². The van der Waals surface area contributed by atoms with E-state index in [0.717, 1.165) is 27.5 Å². The molecule has 4 heteroatoms. The number of hydrogen-bond acceptors (Lipinski definition) is 3. The van der Waals surface area contributed by atoms with Crippen molar-refractivity contribution in [3.05, 3.63) is 126 Å². The second kappa shape index (κ2) is 8.57. The van der Waals surface area contributed by atoms with Crippen molar-refractivity contribution in [1.82, 2.24) is 0 Å². The molecule has 0 aliphatic carbocycles. The first kappa shape index (κ1) is 22.1. The number of benzene rings is 6. The minimum absolute atomic E-state index is 0.807. The van der Waals surface area contributed by atoms with Gasteiger partial charge in [0.25, 0.3) is 0 Å². The molecule has 0 radical (unpaired) electrons. The normalized spacial score (nSPS) is 11.8. The third-order valence-electron chi connectivity index (χ3n) is 7.30. The van der Waals surface area contributed by atoms with Crippen molar-refractivity contribution < 1.29 is 0 Å². The lowest BCUT2D eigenvalue weighted by Crippen LogP contribution is -2.09. The van der Waals surface area contributed by atoms with Crippen molar-refractivity contribution in [1.29, 1.82) is 0 Å². The number of anilines is 3. The topological polar surface area (TPSA) is 3.24 Å². The number of rotatable bonds is 3. The molecule has 0 aliphatic rings. The summed E-state index contributed by atoms with van der Waals surface area (Å²) in [7, 11) is 0. The summed E-state index contributed by atoms with van der Waals surface area (Å²) < 4.78 is 5.12. The zero-order chi connectivity index (χ0) is 25.2. The zero-order valence-corrected chi connectivity index (χ0v) is 22.6. The molecule has 180 valence electrons. The molecule has 2 aromatic heterocycles. The van der Waals surface area contributed by atoms with Crippen molar-refractivity contribution in [3.63, 3.8) is 0 Å². The van der Waals surface area contributed by atoms with E-state index in [-0.39, 0.29) is 0 Å². The molecular weight excluding hydrogens is 522 g/mol. The van der Waals surface area contributed by atoms with Gasteiger partial charge in [-0.3, -0.25) is 0 Å². The number of nitrogens with zero attached hydrogens (tertiary/aromatic N) is 1. The number of fused-ring (bicyclic) bond motifs is 8. The first-order valence-electron chi connectivity index (χ1n) is 12.5. The maximum absolute atomic E-state index is 6.68. The first-order valence-corrected chi connectivity index (χ1v) is 14.6. The van der Waals surface area contributed by atoms with Gasteiger partial charge in [-0.2, -0.15) is 0 Å². The van der Waals surface area contributed by atoms with Gasteiger partial charge in [-0.15, -0.1) is 22.7 Å². The van der Waals surface area contributed by atoms with Crippen LogP contribution in [0.15, 0.2) is 121 Å². The highest BCUT2D eigenvalue weighted by Gasteiger charge is 2.17. The fraction of sp³-hybridized carbons (Fsp3) is 0. The highest BCUT2D eigenvalue weighted by atomic mass is 35.5. The Morgan fingerprint density at radius 2 is 1.00 bits per heavy atom. The van der Waals surface area contributed by atoms with E-state index >= 15 is 0 Å². The summed E-state index contributed by atoms with van der Waals surface area (Å²) >= 11 is 10.3. The minimum Gasteiger partial charge on any atom is -0.310 e. The molecule has 0 N–H and O–H groups in total. The van der Waals surface area contributed by atoms with Gasteiger partial charge in [-0.1, -0.05) is 72.3 Å². The van der Waals surface area contributed by atoms with E-state index in [4.69, 9.17) is 11.6 Å². The second-order valence-electron chi connectivity index (χ2n) is 9.51. The number of para-hydroxylation sites is 1. The Kier molecular flexibility index (Phi) is 4.99. The van der Waals surface area contributed by atoms with E-state index in [0.29, 0.717) is 0 Å². The molecule has 0 amide bonds. The molecule has 0 bridgehead atoms. The molecule has 0 saturated carbocycles. The van der Waals surface area contributed by atoms with Gasteiger partial charge < -0.3 is 4.90 Å². The van der Waals surface area contributed by atoms with Crippen LogP contribution >= 0.6 is 34.3 Å². The molecule has 0 aliphatic heterocycles. The van der Waals surface area contributed by atoms with Gasteiger partial charge in [-0.05, 0) is 66.0 Å². The summed E-state index contributed by atoms with van der Waals surface area (Å²) in [6.45, 7) is 0. The van der Waals surface area contributed by atoms with Crippen LogP contribution in [-0.2, 0) is 0 Å². The third-order valence-corrected chi connectivity index (χ3v) is 9.88. The maximum atomic E-state index is 6.68. The van der Waals surface area contributed by atoms with E-state index < -0.39 is 0 Å². The van der Waals surface area contributed by atoms with E-state index in [1.54, 1.807) is 11.3 Å².